The van der Waals surface area contributed by atoms with Crippen molar-refractivity contribution in [1.29, 1.82) is 0 Å². The molecule has 3 aromatic rings. The van der Waals surface area contributed by atoms with Crippen molar-refractivity contribution in [1.82, 2.24) is 10.2 Å². The average molecular weight is 473 g/mol. The van der Waals surface area contributed by atoms with Gasteiger partial charge in [-0.05, 0) is 48.4 Å². The first-order valence-electron chi connectivity index (χ1n) is 11.8. The number of hydrogen-bond donors (Lipinski definition) is 3. The van der Waals surface area contributed by atoms with E-state index in [1.807, 2.05) is 36.4 Å². The summed E-state index contributed by atoms with van der Waals surface area (Å²) < 4.78 is 0. The van der Waals surface area contributed by atoms with E-state index < -0.39 is 0 Å². The second-order valence-electron chi connectivity index (χ2n) is 8.32. The predicted molar refractivity (Wildman–Crippen MR) is 139 cm³/mol. The SMILES string of the molecule is CCCCNC(=O)c1cccc(NC(=O)CNc2cccc(C(=O)N(C)Cc3ccccc3)c2)c1. The van der Waals surface area contributed by atoms with E-state index in [0.717, 1.165) is 18.4 Å². The van der Waals surface area contributed by atoms with Gasteiger partial charge in [0.25, 0.3) is 11.8 Å². The van der Waals surface area contributed by atoms with Crippen molar-refractivity contribution in [2.24, 2.45) is 0 Å². The smallest absolute Gasteiger partial charge is 0.253 e. The molecule has 0 spiro atoms. The molecule has 3 amide bonds. The Kier molecular flexibility index (Phi) is 9.42. The highest BCUT2D eigenvalue weighted by molar-refractivity contribution is 5.98. The van der Waals surface area contributed by atoms with Gasteiger partial charge in [0.15, 0.2) is 0 Å². The highest BCUT2D eigenvalue weighted by atomic mass is 16.2. The Morgan fingerprint density at radius 3 is 2.26 bits per heavy atom. The molecule has 7 heteroatoms. The van der Waals surface area contributed by atoms with E-state index in [2.05, 4.69) is 22.9 Å². The predicted octanol–water partition coefficient (Wildman–Crippen LogP) is 4.54. The maximum absolute atomic E-state index is 12.8. The molecule has 0 aromatic heterocycles. The third-order valence-corrected chi connectivity index (χ3v) is 5.40. The standard InChI is InChI=1S/C28H32N4O3/c1-3-4-16-29-27(34)22-12-8-15-25(17-22)31-26(33)19-30-24-14-9-13-23(18-24)28(35)32(2)20-21-10-6-5-7-11-21/h5-15,17-18,30H,3-4,16,19-20H2,1-2H3,(H,29,34)(H,31,33). The van der Waals surface area contributed by atoms with E-state index in [4.69, 9.17) is 0 Å². The lowest BCUT2D eigenvalue weighted by Crippen LogP contribution is -2.26. The van der Waals surface area contributed by atoms with Gasteiger partial charge < -0.3 is 20.9 Å². The fraction of sp³-hybridized carbons (Fsp3) is 0.250. The number of anilines is 2. The van der Waals surface area contributed by atoms with Crippen molar-refractivity contribution in [2.45, 2.75) is 26.3 Å². The summed E-state index contributed by atoms with van der Waals surface area (Å²) in [6, 6.07) is 23.7. The molecule has 0 fully saturated rings. The van der Waals surface area contributed by atoms with E-state index in [0.29, 0.717) is 35.6 Å². The number of carbonyl (C=O) groups is 3. The van der Waals surface area contributed by atoms with Gasteiger partial charge in [0.2, 0.25) is 5.91 Å². The third kappa shape index (κ3) is 7.99. The van der Waals surface area contributed by atoms with Crippen LogP contribution in [0, 0.1) is 0 Å². The molecule has 182 valence electrons. The van der Waals surface area contributed by atoms with Crippen LogP contribution in [0.3, 0.4) is 0 Å². The summed E-state index contributed by atoms with van der Waals surface area (Å²) in [4.78, 5) is 39.2. The van der Waals surface area contributed by atoms with Gasteiger partial charge in [-0.1, -0.05) is 55.8 Å². The van der Waals surface area contributed by atoms with Crippen molar-refractivity contribution in [3.05, 3.63) is 95.6 Å². The van der Waals surface area contributed by atoms with Gasteiger partial charge in [0.05, 0.1) is 6.54 Å². The maximum atomic E-state index is 12.8. The Bertz CT molecular complexity index is 1150. The molecule has 0 radical (unpaired) electrons. The number of nitrogens with one attached hydrogen (secondary N) is 3. The highest BCUT2D eigenvalue weighted by Crippen LogP contribution is 2.15. The minimum Gasteiger partial charge on any atom is -0.376 e. The number of hydrogen-bond acceptors (Lipinski definition) is 4. The summed E-state index contributed by atoms with van der Waals surface area (Å²) in [5, 5.41) is 8.73. The summed E-state index contributed by atoms with van der Waals surface area (Å²) in [7, 11) is 1.76. The van der Waals surface area contributed by atoms with Crippen LogP contribution in [0.5, 0.6) is 0 Å². The van der Waals surface area contributed by atoms with Gasteiger partial charge in [-0.25, -0.2) is 0 Å². The van der Waals surface area contributed by atoms with E-state index in [1.165, 1.54) is 0 Å². The molecule has 3 aromatic carbocycles. The molecular formula is C28H32N4O3. The zero-order chi connectivity index (χ0) is 25.0. The number of nitrogens with zero attached hydrogens (tertiary/aromatic N) is 1. The molecule has 0 aliphatic carbocycles. The zero-order valence-corrected chi connectivity index (χ0v) is 20.2. The second-order valence-corrected chi connectivity index (χ2v) is 8.32. The number of unbranched alkanes of at least 4 members (excludes halogenated alkanes) is 1. The van der Waals surface area contributed by atoms with Gasteiger partial charge in [-0.2, -0.15) is 0 Å². The lowest BCUT2D eigenvalue weighted by atomic mass is 10.1. The van der Waals surface area contributed by atoms with Crippen LogP contribution in [0.2, 0.25) is 0 Å². The van der Waals surface area contributed by atoms with Crippen molar-refractivity contribution in [3.8, 4) is 0 Å². The van der Waals surface area contributed by atoms with Crippen LogP contribution in [0.1, 0.15) is 46.0 Å². The van der Waals surface area contributed by atoms with Gasteiger partial charge in [0, 0.05) is 42.6 Å². The monoisotopic (exact) mass is 472 g/mol. The van der Waals surface area contributed by atoms with E-state index >= 15 is 0 Å². The van der Waals surface area contributed by atoms with Crippen LogP contribution >= 0.6 is 0 Å². The fourth-order valence-corrected chi connectivity index (χ4v) is 3.52. The highest BCUT2D eigenvalue weighted by Gasteiger charge is 2.13. The molecule has 3 N–H and O–H groups in total. The van der Waals surface area contributed by atoms with Gasteiger partial charge in [-0.3, -0.25) is 14.4 Å². The molecule has 0 aliphatic rings. The Hall–Kier alpha value is -4.13. The van der Waals surface area contributed by atoms with Gasteiger partial charge >= 0.3 is 0 Å². The maximum Gasteiger partial charge on any atom is 0.253 e. The van der Waals surface area contributed by atoms with Gasteiger partial charge in [0.1, 0.15) is 0 Å². The summed E-state index contributed by atoms with van der Waals surface area (Å²) >= 11 is 0. The number of rotatable bonds is 11. The van der Waals surface area contributed by atoms with Crippen LogP contribution in [-0.4, -0.2) is 42.8 Å². The Balaban J connectivity index is 1.53. The van der Waals surface area contributed by atoms with Crippen LogP contribution in [0.15, 0.2) is 78.9 Å². The quantitative estimate of drug-likeness (QED) is 0.358. The van der Waals surface area contributed by atoms with E-state index in [1.54, 1.807) is 54.4 Å². The average Bonchev–Trinajstić information content (AvgIpc) is 2.88. The number of amides is 3. The first-order valence-corrected chi connectivity index (χ1v) is 11.8. The molecular weight excluding hydrogens is 440 g/mol. The number of carbonyl (C=O) groups excluding carboxylic acids is 3. The summed E-state index contributed by atoms with van der Waals surface area (Å²) in [5.74, 6) is -0.520. The molecule has 0 heterocycles. The fourth-order valence-electron chi connectivity index (χ4n) is 3.52. The normalized spacial score (nSPS) is 10.3. The van der Waals surface area contributed by atoms with Crippen LogP contribution < -0.4 is 16.0 Å². The molecule has 0 bridgehead atoms. The Morgan fingerprint density at radius 1 is 0.829 bits per heavy atom. The minimum absolute atomic E-state index is 0.0183. The lowest BCUT2D eigenvalue weighted by Gasteiger charge is -2.18. The molecule has 0 saturated carbocycles. The molecule has 0 unspecified atom stereocenters. The van der Waals surface area contributed by atoms with Crippen LogP contribution in [0.4, 0.5) is 11.4 Å². The largest absolute Gasteiger partial charge is 0.376 e. The number of benzene rings is 3. The molecule has 35 heavy (non-hydrogen) atoms. The second kappa shape index (κ2) is 12.9. The zero-order valence-electron chi connectivity index (χ0n) is 20.2. The van der Waals surface area contributed by atoms with Crippen molar-refractivity contribution in [2.75, 3.05) is 30.8 Å². The molecule has 3 rings (SSSR count). The van der Waals surface area contributed by atoms with Crippen molar-refractivity contribution >= 4 is 29.1 Å². The summed E-state index contributed by atoms with van der Waals surface area (Å²) in [6.07, 6.45) is 1.93. The topological polar surface area (TPSA) is 90.5 Å². The Labute approximate surface area is 206 Å². The first kappa shape index (κ1) is 25.5. The molecule has 7 nitrogen and oxygen atoms in total. The van der Waals surface area contributed by atoms with Gasteiger partial charge in [-0.15, -0.1) is 0 Å². The summed E-state index contributed by atoms with van der Waals surface area (Å²) in [5.41, 5.74) is 3.31. The lowest BCUT2D eigenvalue weighted by molar-refractivity contribution is -0.114. The van der Waals surface area contributed by atoms with Crippen molar-refractivity contribution < 1.29 is 14.4 Å². The van der Waals surface area contributed by atoms with Crippen LogP contribution in [0.25, 0.3) is 0 Å². The Morgan fingerprint density at radius 2 is 1.51 bits per heavy atom. The van der Waals surface area contributed by atoms with Crippen molar-refractivity contribution in [3.63, 3.8) is 0 Å². The summed E-state index contributed by atoms with van der Waals surface area (Å²) in [6.45, 7) is 3.22. The third-order valence-electron chi connectivity index (χ3n) is 5.40. The van der Waals surface area contributed by atoms with Crippen LogP contribution in [-0.2, 0) is 11.3 Å². The first-order chi connectivity index (χ1) is 17.0. The van der Waals surface area contributed by atoms with E-state index in [9.17, 15) is 14.4 Å². The molecule has 0 atom stereocenters. The molecule has 0 aliphatic heterocycles. The molecule has 0 saturated heterocycles. The van der Waals surface area contributed by atoms with E-state index in [-0.39, 0.29) is 24.3 Å². The minimum atomic E-state index is -0.258.